The molecule has 0 fully saturated rings. The first-order valence-corrected chi connectivity index (χ1v) is 18.1. The molecule has 12 heteroatoms. The van der Waals surface area contributed by atoms with Crippen LogP contribution in [0.3, 0.4) is 0 Å². The van der Waals surface area contributed by atoms with Gasteiger partial charge in [-0.05, 0) is 108 Å². The van der Waals surface area contributed by atoms with Crippen molar-refractivity contribution in [2.75, 3.05) is 25.5 Å². The van der Waals surface area contributed by atoms with Crippen molar-refractivity contribution in [1.82, 2.24) is 30.1 Å². The van der Waals surface area contributed by atoms with E-state index in [4.69, 9.17) is 19.0 Å². The smallest absolute Gasteiger partial charge is 0.291 e. The average Bonchev–Trinajstić information content (AvgIpc) is 3.70. The Hall–Kier alpha value is -6.66. The summed E-state index contributed by atoms with van der Waals surface area (Å²) in [6.07, 6.45) is 5.38. The highest BCUT2D eigenvalue weighted by molar-refractivity contribution is 6.05. The van der Waals surface area contributed by atoms with E-state index in [0.717, 1.165) is 55.0 Å². The summed E-state index contributed by atoms with van der Waals surface area (Å²) in [5, 5.41) is 16.7. The monoisotopic (exact) mass is 733 g/mol. The van der Waals surface area contributed by atoms with Crippen molar-refractivity contribution in [2.24, 2.45) is 0 Å². The minimum absolute atomic E-state index is 0.124. The fraction of sp³-hybridized carbons (Fsp3) is 0.209. The third kappa shape index (κ3) is 7.71. The van der Waals surface area contributed by atoms with E-state index in [0.29, 0.717) is 28.0 Å². The van der Waals surface area contributed by atoms with Crippen LogP contribution in [0.2, 0.25) is 0 Å². The molecule has 1 aliphatic rings. The van der Waals surface area contributed by atoms with Crippen LogP contribution in [0, 0.1) is 13.8 Å². The van der Waals surface area contributed by atoms with Crippen LogP contribution in [0.4, 0.5) is 5.69 Å². The highest BCUT2D eigenvalue weighted by Gasteiger charge is 2.21. The summed E-state index contributed by atoms with van der Waals surface area (Å²) in [6.45, 7) is 7.13. The van der Waals surface area contributed by atoms with Crippen LogP contribution in [0.25, 0.3) is 28.0 Å². The summed E-state index contributed by atoms with van der Waals surface area (Å²) in [5.74, 6) is 1.05. The Bertz CT molecular complexity index is 2570. The van der Waals surface area contributed by atoms with E-state index >= 15 is 0 Å². The van der Waals surface area contributed by atoms with Crippen molar-refractivity contribution < 1.29 is 18.7 Å². The largest absolute Gasteiger partial charge is 0.496 e. The van der Waals surface area contributed by atoms with Gasteiger partial charge in [-0.3, -0.25) is 19.5 Å². The number of nitrogens with zero attached hydrogens (tertiary/aromatic N) is 6. The molecule has 0 aliphatic carbocycles. The highest BCUT2D eigenvalue weighted by atomic mass is 16.5. The van der Waals surface area contributed by atoms with Gasteiger partial charge in [-0.2, -0.15) is 0 Å². The number of pyridine rings is 1. The zero-order valence-corrected chi connectivity index (χ0v) is 30.8. The van der Waals surface area contributed by atoms with E-state index in [1.165, 1.54) is 33.1 Å². The fourth-order valence-corrected chi connectivity index (χ4v) is 6.87. The van der Waals surface area contributed by atoms with Crippen LogP contribution in [0.1, 0.15) is 43.9 Å². The van der Waals surface area contributed by atoms with Crippen molar-refractivity contribution in [2.45, 2.75) is 39.8 Å². The van der Waals surface area contributed by atoms with E-state index in [9.17, 15) is 9.59 Å². The molecule has 0 spiro atoms. The molecule has 8 rings (SSSR count). The number of tetrazole rings is 1. The Kier molecular flexibility index (Phi) is 9.88. The molecule has 1 aliphatic heterocycles. The SMILES string of the molecule is COc1cc2c(cc1C)CCN(CCc1ccc(-n3nnc(-c4cc(OCc5cccnc5)c(C)cc4NC(=O)c4cc(=O)c5ccccc5o4)n3)cc1)C2. The Morgan fingerprint density at radius 1 is 0.909 bits per heavy atom. The molecular weight excluding hydrogens is 695 g/mol. The van der Waals surface area contributed by atoms with E-state index in [2.05, 4.69) is 56.7 Å². The second kappa shape index (κ2) is 15.4. The lowest BCUT2D eigenvalue weighted by Crippen LogP contribution is -2.32. The summed E-state index contributed by atoms with van der Waals surface area (Å²) >= 11 is 0. The van der Waals surface area contributed by atoms with Crippen molar-refractivity contribution in [3.05, 3.63) is 153 Å². The van der Waals surface area contributed by atoms with Crippen LogP contribution in [0.15, 0.2) is 113 Å². The molecule has 55 heavy (non-hydrogen) atoms. The predicted octanol–water partition coefficient (Wildman–Crippen LogP) is 6.89. The number of methoxy groups -OCH3 is 1. The van der Waals surface area contributed by atoms with Crippen molar-refractivity contribution in [3.63, 3.8) is 0 Å². The molecule has 4 heterocycles. The maximum Gasteiger partial charge on any atom is 0.291 e. The van der Waals surface area contributed by atoms with Gasteiger partial charge in [0.2, 0.25) is 5.82 Å². The normalized spacial score (nSPS) is 12.7. The quantitative estimate of drug-likeness (QED) is 0.150. The average molecular weight is 734 g/mol. The number of nitrogens with one attached hydrogen (secondary N) is 1. The lowest BCUT2D eigenvalue weighted by molar-refractivity contribution is 0.0997. The molecule has 276 valence electrons. The molecule has 0 unspecified atom stereocenters. The highest BCUT2D eigenvalue weighted by Crippen LogP contribution is 2.34. The number of aromatic nitrogens is 5. The van der Waals surface area contributed by atoms with Crippen LogP contribution in [0.5, 0.6) is 11.5 Å². The van der Waals surface area contributed by atoms with Crippen LogP contribution in [-0.4, -0.2) is 56.2 Å². The first kappa shape index (κ1) is 35.4. The Labute approximate surface area is 317 Å². The maximum absolute atomic E-state index is 13.6. The van der Waals surface area contributed by atoms with E-state index in [-0.39, 0.29) is 23.6 Å². The zero-order valence-electron chi connectivity index (χ0n) is 30.8. The summed E-state index contributed by atoms with van der Waals surface area (Å²) in [5.41, 5.74) is 8.40. The molecule has 0 radical (unpaired) electrons. The number of rotatable bonds is 11. The predicted molar refractivity (Wildman–Crippen MR) is 209 cm³/mol. The Morgan fingerprint density at radius 3 is 2.56 bits per heavy atom. The Balaban J connectivity index is 1.02. The van der Waals surface area contributed by atoms with Crippen LogP contribution >= 0.6 is 0 Å². The van der Waals surface area contributed by atoms with Gasteiger partial charge in [-0.1, -0.05) is 36.4 Å². The second-order valence-corrected chi connectivity index (χ2v) is 13.7. The van der Waals surface area contributed by atoms with Crippen LogP contribution < -0.4 is 20.2 Å². The summed E-state index contributed by atoms with van der Waals surface area (Å²) in [4.78, 5) is 34.4. The lowest BCUT2D eigenvalue weighted by atomic mass is 9.96. The van der Waals surface area contributed by atoms with E-state index in [1.54, 1.807) is 55.9 Å². The molecule has 0 saturated heterocycles. The molecule has 4 aromatic carbocycles. The number of amides is 1. The number of aryl methyl sites for hydroxylation is 2. The van der Waals surface area contributed by atoms with E-state index < -0.39 is 5.91 Å². The summed E-state index contributed by atoms with van der Waals surface area (Å²) in [6, 6.07) is 27.9. The topological polar surface area (TPSA) is 138 Å². The van der Waals surface area contributed by atoms with Gasteiger partial charge in [0, 0.05) is 43.7 Å². The number of carbonyl (C=O) groups is 1. The maximum atomic E-state index is 13.6. The number of benzene rings is 4. The number of ether oxygens (including phenoxy) is 2. The lowest BCUT2D eigenvalue weighted by Gasteiger charge is -2.29. The molecule has 12 nitrogen and oxygen atoms in total. The minimum Gasteiger partial charge on any atom is -0.496 e. The van der Waals surface area contributed by atoms with Crippen molar-refractivity contribution >= 4 is 22.6 Å². The molecule has 1 amide bonds. The zero-order chi connectivity index (χ0) is 37.9. The molecular formula is C43H39N7O5. The van der Waals surface area contributed by atoms with Gasteiger partial charge in [0.15, 0.2) is 11.2 Å². The van der Waals surface area contributed by atoms with Crippen molar-refractivity contribution in [3.8, 4) is 28.6 Å². The number of carbonyl (C=O) groups excluding carboxylic acids is 1. The minimum atomic E-state index is -0.598. The van der Waals surface area contributed by atoms with Gasteiger partial charge in [-0.15, -0.1) is 15.0 Å². The molecule has 7 aromatic rings. The second-order valence-electron chi connectivity index (χ2n) is 13.7. The van der Waals surface area contributed by atoms with Gasteiger partial charge in [0.05, 0.1) is 29.4 Å². The van der Waals surface area contributed by atoms with Gasteiger partial charge in [0.1, 0.15) is 23.7 Å². The number of hydrogen-bond acceptors (Lipinski definition) is 10. The molecule has 0 bridgehead atoms. The number of anilines is 1. The first-order valence-electron chi connectivity index (χ1n) is 18.1. The molecule has 0 saturated carbocycles. The Morgan fingerprint density at radius 2 is 1.75 bits per heavy atom. The van der Waals surface area contributed by atoms with Gasteiger partial charge in [0.25, 0.3) is 5.91 Å². The molecule has 1 N–H and O–H groups in total. The molecule has 0 atom stereocenters. The standard InChI is InChI=1S/C43H39N7O5/c1-27-19-31-15-18-49(25-32(31)21-39(27)53-3)17-14-29-10-12-33(13-11-29)50-47-42(46-48-50)35-22-40(54-26-30-7-6-16-44-24-30)28(2)20-36(35)45-43(52)41-23-37(51)34-8-4-5-9-38(34)55-41/h4-13,16,19-24H,14-15,17-18,25-26H2,1-3H3,(H,45,52). The molecule has 3 aromatic heterocycles. The third-order valence-electron chi connectivity index (χ3n) is 9.89. The van der Waals surface area contributed by atoms with Gasteiger partial charge in [-0.25, -0.2) is 0 Å². The van der Waals surface area contributed by atoms with Gasteiger partial charge >= 0.3 is 0 Å². The fourth-order valence-electron chi connectivity index (χ4n) is 6.87. The number of para-hydroxylation sites is 1. The summed E-state index contributed by atoms with van der Waals surface area (Å²) in [7, 11) is 1.72. The third-order valence-corrected chi connectivity index (χ3v) is 9.89. The number of fused-ring (bicyclic) bond motifs is 2. The van der Waals surface area contributed by atoms with E-state index in [1.807, 2.05) is 31.2 Å². The van der Waals surface area contributed by atoms with Gasteiger partial charge < -0.3 is 19.2 Å². The van der Waals surface area contributed by atoms with Crippen molar-refractivity contribution in [1.29, 1.82) is 0 Å². The number of hydrogen-bond donors (Lipinski definition) is 1. The van der Waals surface area contributed by atoms with Crippen LogP contribution in [-0.2, 0) is 26.0 Å². The summed E-state index contributed by atoms with van der Waals surface area (Å²) < 4.78 is 17.6. The first-order chi connectivity index (χ1) is 26.8.